The van der Waals surface area contributed by atoms with Gasteiger partial charge in [-0.3, -0.25) is 0 Å². The summed E-state index contributed by atoms with van der Waals surface area (Å²) in [7, 11) is 1.60. The topological polar surface area (TPSA) is 48.4 Å². The van der Waals surface area contributed by atoms with E-state index in [2.05, 4.69) is 20.9 Å². The highest BCUT2D eigenvalue weighted by molar-refractivity contribution is 9.10. The van der Waals surface area contributed by atoms with Gasteiger partial charge in [-0.25, -0.2) is 9.78 Å². The zero-order valence-electron chi connectivity index (χ0n) is 10.1. The van der Waals surface area contributed by atoms with Gasteiger partial charge in [-0.05, 0) is 47.1 Å². The maximum Gasteiger partial charge on any atom is 0.340 e. The van der Waals surface area contributed by atoms with Crippen molar-refractivity contribution in [2.24, 2.45) is 0 Å². The number of halogens is 1. The molecule has 0 aliphatic heterocycles. The highest BCUT2D eigenvalue weighted by atomic mass is 79.9. The van der Waals surface area contributed by atoms with Crippen molar-refractivity contribution in [2.45, 2.75) is 6.92 Å². The maximum absolute atomic E-state index is 11.7. The van der Waals surface area contributed by atoms with E-state index in [1.807, 2.05) is 18.2 Å². The number of rotatable bonds is 3. The Hall–Kier alpha value is -1.62. The fraction of sp³-hybridized carbons (Fsp3) is 0.231. The Morgan fingerprint density at radius 1 is 1.39 bits per heavy atom. The first-order valence-electron chi connectivity index (χ1n) is 5.47. The molecule has 4 nitrogen and oxygen atoms in total. The molecule has 1 aromatic heterocycles. The van der Waals surface area contributed by atoms with Gasteiger partial charge in [0.25, 0.3) is 0 Å². The van der Waals surface area contributed by atoms with E-state index in [0.29, 0.717) is 16.8 Å². The number of pyridine rings is 1. The minimum absolute atomic E-state index is 0.335. The number of carbonyl (C=O) groups is 1. The summed E-state index contributed by atoms with van der Waals surface area (Å²) in [5.41, 5.74) is 1.20. The second-order valence-electron chi connectivity index (χ2n) is 3.61. The van der Waals surface area contributed by atoms with Crippen molar-refractivity contribution in [1.29, 1.82) is 0 Å². The van der Waals surface area contributed by atoms with E-state index < -0.39 is 0 Å². The minimum Gasteiger partial charge on any atom is -0.497 e. The zero-order chi connectivity index (χ0) is 13.1. The molecule has 0 aliphatic rings. The van der Waals surface area contributed by atoms with Crippen molar-refractivity contribution in [3.63, 3.8) is 0 Å². The number of benzene rings is 1. The van der Waals surface area contributed by atoms with Gasteiger partial charge in [0.1, 0.15) is 10.4 Å². The van der Waals surface area contributed by atoms with E-state index in [9.17, 15) is 4.79 Å². The molecular weight excluding hydrogens is 298 g/mol. The third kappa shape index (κ3) is 2.46. The van der Waals surface area contributed by atoms with Crippen LogP contribution in [0.1, 0.15) is 17.3 Å². The van der Waals surface area contributed by atoms with E-state index in [1.165, 1.54) is 0 Å². The minimum atomic E-state index is -0.387. The predicted molar refractivity (Wildman–Crippen MR) is 72.0 cm³/mol. The molecule has 0 N–H and O–H groups in total. The Bertz CT molecular complexity index is 598. The van der Waals surface area contributed by atoms with Crippen LogP contribution in [0.5, 0.6) is 5.75 Å². The lowest BCUT2D eigenvalue weighted by atomic mass is 10.1. The smallest absolute Gasteiger partial charge is 0.340 e. The molecule has 94 valence electrons. The van der Waals surface area contributed by atoms with E-state index in [-0.39, 0.29) is 5.97 Å². The van der Waals surface area contributed by atoms with Gasteiger partial charge in [-0.1, -0.05) is 0 Å². The van der Waals surface area contributed by atoms with Gasteiger partial charge in [-0.15, -0.1) is 0 Å². The van der Waals surface area contributed by atoms with Crippen LogP contribution < -0.4 is 4.74 Å². The van der Waals surface area contributed by atoms with Crippen LogP contribution in [0.2, 0.25) is 0 Å². The van der Waals surface area contributed by atoms with E-state index in [4.69, 9.17) is 9.47 Å². The molecule has 1 heterocycles. The molecule has 0 spiro atoms. The van der Waals surface area contributed by atoms with E-state index in [1.54, 1.807) is 20.1 Å². The second kappa shape index (κ2) is 5.35. The van der Waals surface area contributed by atoms with Crippen LogP contribution in [-0.4, -0.2) is 24.7 Å². The van der Waals surface area contributed by atoms with Crippen molar-refractivity contribution < 1.29 is 14.3 Å². The molecule has 0 fully saturated rings. The molecule has 0 atom stereocenters. The quantitative estimate of drug-likeness (QED) is 0.645. The third-order valence-electron chi connectivity index (χ3n) is 2.47. The second-order valence-corrected chi connectivity index (χ2v) is 4.36. The van der Waals surface area contributed by atoms with Gasteiger partial charge in [-0.2, -0.15) is 0 Å². The molecule has 0 saturated carbocycles. The Morgan fingerprint density at radius 2 is 2.17 bits per heavy atom. The average molecular weight is 310 g/mol. The summed E-state index contributed by atoms with van der Waals surface area (Å²) in [5, 5.41) is 0.834. The van der Waals surface area contributed by atoms with Crippen molar-refractivity contribution >= 4 is 32.8 Å². The molecule has 0 aliphatic carbocycles. The Morgan fingerprint density at radius 3 is 2.83 bits per heavy atom. The van der Waals surface area contributed by atoms with Crippen LogP contribution in [0.3, 0.4) is 0 Å². The highest BCUT2D eigenvalue weighted by Gasteiger charge is 2.13. The number of hydrogen-bond acceptors (Lipinski definition) is 4. The lowest BCUT2D eigenvalue weighted by Gasteiger charge is -2.07. The normalized spacial score (nSPS) is 10.4. The molecule has 2 aromatic rings. The molecule has 0 bridgehead atoms. The van der Waals surface area contributed by atoms with Crippen LogP contribution in [0, 0.1) is 0 Å². The molecular formula is C13H12BrNO3. The van der Waals surface area contributed by atoms with Crippen LogP contribution in [-0.2, 0) is 4.74 Å². The molecule has 0 radical (unpaired) electrons. The molecule has 18 heavy (non-hydrogen) atoms. The number of esters is 1. The lowest BCUT2D eigenvalue weighted by Crippen LogP contribution is -2.06. The van der Waals surface area contributed by atoms with Crippen molar-refractivity contribution in [1.82, 2.24) is 4.98 Å². The van der Waals surface area contributed by atoms with Crippen LogP contribution in [0.15, 0.2) is 28.9 Å². The zero-order valence-corrected chi connectivity index (χ0v) is 11.7. The lowest BCUT2D eigenvalue weighted by molar-refractivity contribution is 0.0525. The Labute approximate surface area is 113 Å². The van der Waals surface area contributed by atoms with Gasteiger partial charge < -0.3 is 9.47 Å². The molecule has 0 amide bonds. The molecule has 0 saturated heterocycles. The number of ether oxygens (including phenoxy) is 2. The SMILES string of the molecule is CCOC(=O)c1cc2cc(OC)ccc2nc1Br. The summed E-state index contributed by atoms with van der Waals surface area (Å²) in [6, 6.07) is 7.24. The standard InChI is InChI=1S/C13H12BrNO3/c1-3-18-13(16)10-7-8-6-9(17-2)4-5-11(8)15-12(10)14/h4-7H,3H2,1-2H3. The average Bonchev–Trinajstić information content (AvgIpc) is 2.37. The van der Waals surface area contributed by atoms with Gasteiger partial charge in [0, 0.05) is 5.39 Å². The van der Waals surface area contributed by atoms with Gasteiger partial charge in [0.15, 0.2) is 0 Å². The molecule has 1 aromatic carbocycles. The maximum atomic E-state index is 11.7. The summed E-state index contributed by atoms with van der Waals surface area (Å²) in [4.78, 5) is 16.1. The molecule has 5 heteroatoms. The first-order valence-corrected chi connectivity index (χ1v) is 6.26. The fourth-order valence-electron chi connectivity index (χ4n) is 1.61. The van der Waals surface area contributed by atoms with E-state index in [0.717, 1.165) is 16.7 Å². The van der Waals surface area contributed by atoms with Crippen LogP contribution in [0.25, 0.3) is 10.9 Å². The van der Waals surface area contributed by atoms with Crippen LogP contribution >= 0.6 is 15.9 Å². The van der Waals surface area contributed by atoms with E-state index >= 15 is 0 Å². The highest BCUT2D eigenvalue weighted by Crippen LogP contribution is 2.25. The number of carbonyl (C=O) groups excluding carboxylic acids is 1. The number of methoxy groups -OCH3 is 1. The number of fused-ring (bicyclic) bond motifs is 1. The third-order valence-corrected chi connectivity index (χ3v) is 3.08. The molecule has 0 unspecified atom stereocenters. The van der Waals surface area contributed by atoms with Crippen molar-refractivity contribution in [3.8, 4) is 5.75 Å². The monoisotopic (exact) mass is 309 g/mol. The Kier molecular flexibility index (Phi) is 3.81. The first kappa shape index (κ1) is 12.8. The summed E-state index contributed by atoms with van der Waals surface area (Å²) >= 11 is 3.28. The van der Waals surface area contributed by atoms with Crippen LogP contribution in [0.4, 0.5) is 0 Å². The van der Waals surface area contributed by atoms with Gasteiger partial charge >= 0.3 is 5.97 Å². The molecule has 2 rings (SSSR count). The number of aromatic nitrogens is 1. The summed E-state index contributed by atoms with van der Waals surface area (Å²) in [6.45, 7) is 2.10. The van der Waals surface area contributed by atoms with Crippen molar-refractivity contribution in [2.75, 3.05) is 13.7 Å². The number of hydrogen-bond donors (Lipinski definition) is 0. The largest absolute Gasteiger partial charge is 0.497 e. The first-order chi connectivity index (χ1) is 8.65. The summed E-state index contributed by atoms with van der Waals surface area (Å²) < 4.78 is 10.6. The fourth-order valence-corrected chi connectivity index (χ4v) is 2.08. The van der Waals surface area contributed by atoms with Gasteiger partial charge in [0.05, 0.1) is 24.8 Å². The summed E-state index contributed by atoms with van der Waals surface area (Å²) in [5.74, 6) is 0.336. The van der Waals surface area contributed by atoms with Crippen molar-refractivity contribution in [3.05, 3.63) is 34.4 Å². The summed E-state index contributed by atoms with van der Waals surface area (Å²) in [6.07, 6.45) is 0. The predicted octanol–water partition coefficient (Wildman–Crippen LogP) is 3.18. The van der Waals surface area contributed by atoms with Gasteiger partial charge in [0.2, 0.25) is 0 Å². The number of nitrogens with zero attached hydrogens (tertiary/aromatic N) is 1. The Balaban J connectivity index is 2.54.